The largest absolute Gasteiger partial charge is 0.362 e. The third kappa shape index (κ3) is 5.86. The Morgan fingerprint density at radius 1 is 1.05 bits per heavy atom. The zero-order valence-electron chi connectivity index (χ0n) is 23.2. The summed E-state index contributed by atoms with van der Waals surface area (Å²) >= 11 is 1.19. The van der Waals surface area contributed by atoms with E-state index < -0.39 is 0 Å². The van der Waals surface area contributed by atoms with Crippen LogP contribution >= 0.6 is 11.9 Å². The van der Waals surface area contributed by atoms with Gasteiger partial charge in [0.05, 0.1) is 17.3 Å². The first-order valence-electron chi connectivity index (χ1n) is 13.4. The third-order valence-electron chi connectivity index (χ3n) is 7.50. The predicted octanol–water partition coefficient (Wildman–Crippen LogP) is 6.03. The molecular formula is C30H35N7OS. The van der Waals surface area contributed by atoms with E-state index in [-0.39, 0.29) is 22.9 Å². The topological polar surface area (TPSA) is 107 Å². The average molecular weight is 542 g/mol. The van der Waals surface area contributed by atoms with Gasteiger partial charge in [0.25, 0.3) is 5.91 Å². The summed E-state index contributed by atoms with van der Waals surface area (Å²) in [4.78, 5) is 30.2. The van der Waals surface area contributed by atoms with Crippen molar-refractivity contribution in [3.63, 3.8) is 0 Å². The third-order valence-corrected chi connectivity index (χ3v) is 8.23. The molecule has 2 N–H and O–H groups in total. The molecular weight excluding hydrogens is 506 g/mol. The van der Waals surface area contributed by atoms with Crippen LogP contribution in [0.5, 0.6) is 0 Å². The number of amides is 1. The zero-order chi connectivity index (χ0) is 27.8. The van der Waals surface area contributed by atoms with Gasteiger partial charge in [-0.2, -0.15) is 5.26 Å². The molecule has 0 spiro atoms. The number of nitrogens with zero attached hydrogens (tertiary/aromatic N) is 5. The molecule has 3 aromatic rings. The van der Waals surface area contributed by atoms with Gasteiger partial charge in [0.15, 0.2) is 0 Å². The van der Waals surface area contributed by atoms with Crippen LogP contribution in [-0.4, -0.2) is 32.9 Å². The number of nitriles is 1. The number of carbonyl (C=O) groups excluding carboxylic acids is 1. The highest BCUT2D eigenvalue weighted by Gasteiger charge is 2.41. The number of hydrogen-bond donors (Lipinski definition) is 2. The molecule has 2 unspecified atom stereocenters. The number of aromatic nitrogens is 3. The summed E-state index contributed by atoms with van der Waals surface area (Å²) in [7, 11) is 0. The lowest BCUT2D eigenvalue weighted by Gasteiger charge is -2.34. The van der Waals surface area contributed by atoms with Crippen LogP contribution in [0.1, 0.15) is 87.4 Å². The van der Waals surface area contributed by atoms with Crippen LogP contribution in [-0.2, 0) is 5.41 Å². The molecule has 39 heavy (non-hydrogen) atoms. The predicted molar refractivity (Wildman–Crippen MR) is 155 cm³/mol. The van der Waals surface area contributed by atoms with Crippen LogP contribution < -0.4 is 14.9 Å². The van der Waals surface area contributed by atoms with Crippen LogP contribution in [0.4, 0.5) is 11.6 Å². The van der Waals surface area contributed by atoms with Crippen molar-refractivity contribution in [2.45, 2.75) is 75.9 Å². The van der Waals surface area contributed by atoms with Gasteiger partial charge in [0, 0.05) is 35.1 Å². The first-order chi connectivity index (χ1) is 18.5. The SMILES string of the molecule is CC(C)(C)c1ccc2c(n1)N1CC(CCC(c3cccc(C#N)n3)Nc3cccc(n3)SNC2=O)CC1(C)C. The van der Waals surface area contributed by atoms with E-state index >= 15 is 0 Å². The molecule has 1 fully saturated rings. The van der Waals surface area contributed by atoms with Crippen molar-refractivity contribution in [1.82, 2.24) is 19.7 Å². The molecule has 1 saturated heterocycles. The normalized spacial score (nSPS) is 21.0. The van der Waals surface area contributed by atoms with Crippen molar-refractivity contribution in [1.29, 1.82) is 5.26 Å². The highest BCUT2D eigenvalue weighted by Crippen LogP contribution is 2.41. The van der Waals surface area contributed by atoms with E-state index in [1.165, 1.54) is 11.9 Å². The molecule has 9 heteroatoms. The summed E-state index contributed by atoms with van der Waals surface area (Å²) in [5.41, 5.74) is 2.44. The second-order valence-electron chi connectivity index (χ2n) is 12.0. The fourth-order valence-electron chi connectivity index (χ4n) is 5.49. The molecule has 1 amide bonds. The first-order valence-corrected chi connectivity index (χ1v) is 14.2. The van der Waals surface area contributed by atoms with E-state index in [0.29, 0.717) is 28.0 Å². The minimum absolute atomic E-state index is 0.110. The van der Waals surface area contributed by atoms with Crippen LogP contribution in [0.15, 0.2) is 53.6 Å². The van der Waals surface area contributed by atoms with Crippen LogP contribution in [0.3, 0.4) is 0 Å². The molecule has 8 nitrogen and oxygen atoms in total. The number of anilines is 2. The second kappa shape index (κ2) is 10.5. The van der Waals surface area contributed by atoms with Crippen molar-refractivity contribution < 1.29 is 4.79 Å². The molecule has 2 atom stereocenters. The van der Waals surface area contributed by atoms with Crippen molar-refractivity contribution in [2.24, 2.45) is 5.92 Å². The summed E-state index contributed by atoms with van der Waals surface area (Å²) in [5.74, 6) is 1.65. The van der Waals surface area contributed by atoms with Crippen molar-refractivity contribution >= 4 is 29.5 Å². The van der Waals surface area contributed by atoms with Gasteiger partial charge in [-0.25, -0.2) is 15.0 Å². The highest BCUT2D eigenvalue weighted by molar-refractivity contribution is 7.97. The molecule has 4 bridgehead atoms. The maximum Gasteiger partial charge on any atom is 0.265 e. The Morgan fingerprint density at radius 3 is 2.62 bits per heavy atom. The van der Waals surface area contributed by atoms with E-state index in [2.05, 4.69) is 60.6 Å². The standard InChI is InChI=1S/C30H35N7OS/c1-29(2,3)24-15-13-21-27(34-24)37-18-19(16-30(37,4)5)12-14-23(22-9-6-8-20(17-31)32-22)33-25-10-7-11-26(35-25)39-36-28(21)38/h6-11,13,15,19,23H,12,14,16,18H2,1-5H3,(H,33,35)(H,36,38). The molecule has 2 aliphatic rings. The maximum atomic E-state index is 13.5. The zero-order valence-corrected chi connectivity index (χ0v) is 24.0. The van der Waals surface area contributed by atoms with Crippen molar-refractivity contribution in [3.8, 4) is 6.07 Å². The maximum absolute atomic E-state index is 13.5. The summed E-state index contributed by atoms with van der Waals surface area (Å²) in [6.07, 6.45) is 2.76. The molecule has 5 rings (SSSR count). The average Bonchev–Trinajstić information content (AvgIpc) is 3.22. The van der Waals surface area contributed by atoms with Crippen molar-refractivity contribution in [3.05, 3.63) is 71.2 Å². The van der Waals surface area contributed by atoms with Crippen LogP contribution in [0, 0.1) is 17.2 Å². The van der Waals surface area contributed by atoms with E-state index in [1.807, 2.05) is 42.5 Å². The lowest BCUT2D eigenvalue weighted by Crippen LogP contribution is -2.40. The monoisotopic (exact) mass is 541 g/mol. The van der Waals surface area contributed by atoms with Gasteiger partial charge >= 0.3 is 0 Å². The second-order valence-corrected chi connectivity index (χ2v) is 12.9. The fourth-order valence-corrected chi connectivity index (χ4v) is 6.09. The van der Waals surface area contributed by atoms with Gasteiger partial charge in [0.1, 0.15) is 28.4 Å². The summed E-state index contributed by atoms with van der Waals surface area (Å²) in [6.45, 7) is 11.7. The summed E-state index contributed by atoms with van der Waals surface area (Å²) < 4.78 is 2.99. The van der Waals surface area contributed by atoms with Crippen LogP contribution in [0.25, 0.3) is 0 Å². The Morgan fingerprint density at radius 2 is 1.85 bits per heavy atom. The van der Waals surface area contributed by atoms with E-state index in [1.54, 1.807) is 6.07 Å². The molecule has 0 radical (unpaired) electrons. The quantitative estimate of drug-likeness (QED) is 0.360. The molecule has 0 aliphatic carbocycles. The molecule has 202 valence electrons. The molecule has 2 aliphatic heterocycles. The van der Waals surface area contributed by atoms with Crippen LogP contribution in [0.2, 0.25) is 0 Å². The Kier molecular flexibility index (Phi) is 7.25. The number of nitrogens with one attached hydrogen (secondary N) is 2. The lowest BCUT2D eigenvalue weighted by molar-refractivity contribution is 0.0984. The molecule has 0 aromatic carbocycles. The highest BCUT2D eigenvalue weighted by atomic mass is 32.2. The molecule has 3 aromatic heterocycles. The van der Waals surface area contributed by atoms with E-state index in [4.69, 9.17) is 9.97 Å². The smallest absolute Gasteiger partial charge is 0.265 e. The van der Waals surface area contributed by atoms with E-state index in [9.17, 15) is 10.1 Å². The number of rotatable bonds is 1. The lowest BCUT2D eigenvalue weighted by atomic mass is 9.90. The van der Waals surface area contributed by atoms with Crippen molar-refractivity contribution in [2.75, 3.05) is 16.8 Å². The Balaban J connectivity index is 1.56. The summed E-state index contributed by atoms with van der Waals surface area (Å²) in [5, 5.41) is 13.7. The van der Waals surface area contributed by atoms with Gasteiger partial charge in [-0.15, -0.1) is 0 Å². The molecule has 5 heterocycles. The molecule has 0 saturated carbocycles. The first kappa shape index (κ1) is 26.9. The Hall–Kier alpha value is -3.64. The van der Waals surface area contributed by atoms with Gasteiger partial charge in [-0.1, -0.05) is 32.9 Å². The number of hydrogen-bond acceptors (Lipinski definition) is 8. The summed E-state index contributed by atoms with van der Waals surface area (Å²) in [6, 6.07) is 17.2. The Labute approximate surface area is 234 Å². The minimum Gasteiger partial charge on any atom is -0.362 e. The van der Waals surface area contributed by atoms with Gasteiger partial charge < -0.3 is 10.2 Å². The van der Waals surface area contributed by atoms with Gasteiger partial charge in [-0.3, -0.25) is 9.52 Å². The minimum atomic E-state index is -0.187. The van der Waals surface area contributed by atoms with Gasteiger partial charge in [-0.05, 0) is 75.4 Å². The fraction of sp³-hybridized carbons (Fsp3) is 0.433. The van der Waals surface area contributed by atoms with Gasteiger partial charge in [0.2, 0.25) is 0 Å². The Bertz CT molecular complexity index is 1430. The number of carbonyl (C=O) groups is 1. The number of pyridine rings is 3. The van der Waals surface area contributed by atoms with E-state index in [0.717, 1.165) is 43.0 Å². The number of fused-ring (bicyclic) bond motifs is 6.